The molecule has 2 aromatic carbocycles. The van der Waals surface area contributed by atoms with E-state index in [9.17, 15) is 17.6 Å². The summed E-state index contributed by atoms with van der Waals surface area (Å²) in [6, 6.07) is 8.07. The summed E-state index contributed by atoms with van der Waals surface area (Å²) in [5, 5.41) is 0. The van der Waals surface area contributed by atoms with Gasteiger partial charge in [-0.1, -0.05) is 15.9 Å². The lowest BCUT2D eigenvalue weighted by Gasteiger charge is -2.09. The molecule has 0 atom stereocenters. The summed E-state index contributed by atoms with van der Waals surface area (Å²) in [4.78, 5) is 16.1. The first-order valence-electron chi connectivity index (χ1n) is 6.05. The van der Waals surface area contributed by atoms with Crippen LogP contribution in [0.2, 0.25) is 0 Å². The molecule has 1 aromatic heterocycles. The number of anilines is 1. The molecule has 0 aliphatic rings. The van der Waals surface area contributed by atoms with Gasteiger partial charge in [-0.05, 0) is 36.4 Å². The summed E-state index contributed by atoms with van der Waals surface area (Å²) < 4.78 is 41.0. The number of aromatic nitrogens is 2. The van der Waals surface area contributed by atoms with Gasteiger partial charge in [0.1, 0.15) is 5.82 Å². The van der Waals surface area contributed by atoms with Gasteiger partial charge in [0.05, 0.1) is 21.6 Å². The lowest BCUT2D eigenvalue weighted by atomic mass is 10.3. The average Bonchev–Trinajstić information content (AvgIpc) is 2.81. The molecule has 0 aliphatic carbocycles. The number of sulfonamides is 1. The minimum atomic E-state index is -3.97. The van der Waals surface area contributed by atoms with Gasteiger partial charge in [-0.15, -0.1) is 0 Å². The van der Waals surface area contributed by atoms with Crippen molar-refractivity contribution in [1.82, 2.24) is 9.97 Å². The number of fused-ring (bicyclic) bond motifs is 1. The molecule has 0 unspecified atom stereocenters. The van der Waals surface area contributed by atoms with Crippen LogP contribution in [0.5, 0.6) is 0 Å². The minimum absolute atomic E-state index is 0.0856. The summed E-state index contributed by atoms with van der Waals surface area (Å²) in [7, 11) is -3.97. The van der Waals surface area contributed by atoms with E-state index in [2.05, 4.69) is 30.6 Å². The van der Waals surface area contributed by atoms with Crippen LogP contribution in [0.3, 0.4) is 0 Å². The van der Waals surface area contributed by atoms with E-state index in [4.69, 9.17) is 0 Å². The number of benzene rings is 2. The van der Waals surface area contributed by atoms with Crippen molar-refractivity contribution < 1.29 is 12.8 Å². The Labute approximate surface area is 132 Å². The SMILES string of the molecule is O=c1[nH]c2ccc(S(=O)(=O)Nc3ccc(Br)cc3F)cc2[nH]1. The molecule has 1 heterocycles. The lowest BCUT2D eigenvalue weighted by molar-refractivity contribution is 0.598. The van der Waals surface area contributed by atoms with Gasteiger partial charge in [-0.2, -0.15) is 0 Å². The molecule has 114 valence electrons. The Morgan fingerprint density at radius 2 is 1.77 bits per heavy atom. The highest BCUT2D eigenvalue weighted by Crippen LogP contribution is 2.23. The summed E-state index contributed by atoms with van der Waals surface area (Å²) in [6.45, 7) is 0. The average molecular weight is 386 g/mol. The number of hydrogen-bond donors (Lipinski definition) is 3. The van der Waals surface area contributed by atoms with Gasteiger partial charge in [0.25, 0.3) is 10.0 Å². The van der Waals surface area contributed by atoms with E-state index in [0.717, 1.165) is 6.07 Å². The highest BCUT2D eigenvalue weighted by Gasteiger charge is 2.17. The number of aromatic amines is 2. The van der Waals surface area contributed by atoms with Crippen molar-refractivity contribution in [2.24, 2.45) is 0 Å². The van der Waals surface area contributed by atoms with Crippen LogP contribution < -0.4 is 10.4 Å². The molecule has 0 aliphatic heterocycles. The van der Waals surface area contributed by atoms with Crippen LogP contribution in [0, 0.1) is 5.82 Å². The molecule has 3 rings (SSSR count). The van der Waals surface area contributed by atoms with Crippen molar-refractivity contribution in [3.8, 4) is 0 Å². The maximum Gasteiger partial charge on any atom is 0.323 e. The number of rotatable bonds is 3. The molecular weight excluding hydrogens is 377 g/mol. The molecule has 6 nitrogen and oxygen atoms in total. The maximum atomic E-state index is 13.7. The number of halogens is 2. The molecule has 22 heavy (non-hydrogen) atoms. The third kappa shape index (κ3) is 2.77. The largest absolute Gasteiger partial charge is 0.323 e. The Morgan fingerprint density at radius 1 is 1.05 bits per heavy atom. The Kier molecular flexibility index (Phi) is 3.53. The van der Waals surface area contributed by atoms with Gasteiger partial charge in [0.15, 0.2) is 0 Å². The number of imidazole rings is 1. The van der Waals surface area contributed by atoms with E-state index in [-0.39, 0.29) is 10.6 Å². The zero-order valence-corrected chi connectivity index (χ0v) is 13.3. The third-order valence-electron chi connectivity index (χ3n) is 2.97. The molecular formula is C13H9BrFN3O3S. The summed E-state index contributed by atoms with van der Waals surface area (Å²) in [5.74, 6) is -0.700. The second kappa shape index (κ2) is 5.25. The molecule has 0 fully saturated rings. The third-order valence-corrected chi connectivity index (χ3v) is 4.83. The first-order valence-corrected chi connectivity index (χ1v) is 8.33. The Morgan fingerprint density at radius 3 is 2.50 bits per heavy atom. The van der Waals surface area contributed by atoms with E-state index >= 15 is 0 Å². The second-order valence-corrected chi connectivity index (χ2v) is 7.11. The van der Waals surface area contributed by atoms with Crippen LogP contribution in [-0.2, 0) is 10.0 Å². The quantitative estimate of drug-likeness (QED) is 0.646. The summed E-state index contributed by atoms with van der Waals surface area (Å²) >= 11 is 3.10. The smallest absolute Gasteiger partial charge is 0.306 e. The maximum absolute atomic E-state index is 13.7. The van der Waals surface area contributed by atoms with Crippen molar-refractivity contribution in [3.05, 3.63) is 57.2 Å². The van der Waals surface area contributed by atoms with E-state index in [1.807, 2.05) is 0 Å². The molecule has 0 amide bonds. The van der Waals surface area contributed by atoms with Gasteiger partial charge in [0, 0.05) is 4.47 Å². The van der Waals surface area contributed by atoms with Crippen molar-refractivity contribution in [3.63, 3.8) is 0 Å². The van der Waals surface area contributed by atoms with Crippen LogP contribution in [0.15, 0.2) is 50.6 Å². The van der Waals surface area contributed by atoms with Crippen LogP contribution in [0.25, 0.3) is 11.0 Å². The van der Waals surface area contributed by atoms with Gasteiger partial charge in [0.2, 0.25) is 0 Å². The van der Waals surface area contributed by atoms with E-state index in [1.165, 1.54) is 30.3 Å². The summed E-state index contributed by atoms with van der Waals surface area (Å²) in [5.41, 5.74) is 0.241. The zero-order valence-electron chi connectivity index (χ0n) is 10.9. The molecule has 0 radical (unpaired) electrons. The van der Waals surface area contributed by atoms with Crippen molar-refractivity contribution in [1.29, 1.82) is 0 Å². The van der Waals surface area contributed by atoms with E-state index in [1.54, 1.807) is 0 Å². The topological polar surface area (TPSA) is 94.8 Å². The standard InChI is InChI=1S/C13H9BrFN3O3S/c14-7-1-3-10(9(15)5-7)18-22(20,21)8-2-4-11-12(6-8)17-13(19)16-11/h1-6,18H,(H2,16,17,19). The van der Waals surface area contributed by atoms with Crippen LogP contribution in [-0.4, -0.2) is 18.4 Å². The fourth-order valence-electron chi connectivity index (χ4n) is 1.95. The fraction of sp³-hybridized carbons (Fsp3) is 0. The highest BCUT2D eigenvalue weighted by molar-refractivity contribution is 9.10. The summed E-state index contributed by atoms with van der Waals surface area (Å²) in [6.07, 6.45) is 0. The Bertz CT molecular complexity index is 1030. The molecule has 3 N–H and O–H groups in total. The number of hydrogen-bond acceptors (Lipinski definition) is 3. The van der Waals surface area contributed by atoms with Crippen molar-refractivity contribution in [2.75, 3.05) is 4.72 Å². The molecule has 0 spiro atoms. The second-order valence-electron chi connectivity index (χ2n) is 4.52. The van der Waals surface area contributed by atoms with E-state index in [0.29, 0.717) is 15.5 Å². The van der Waals surface area contributed by atoms with E-state index < -0.39 is 21.5 Å². The van der Waals surface area contributed by atoms with Crippen LogP contribution in [0.4, 0.5) is 10.1 Å². The van der Waals surface area contributed by atoms with Crippen LogP contribution >= 0.6 is 15.9 Å². The van der Waals surface area contributed by atoms with Crippen LogP contribution in [0.1, 0.15) is 0 Å². The van der Waals surface area contributed by atoms with Crippen molar-refractivity contribution in [2.45, 2.75) is 4.90 Å². The first kappa shape index (κ1) is 14.8. The number of H-pyrrole nitrogens is 2. The van der Waals surface area contributed by atoms with Gasteiger partial charge < -0.3 is 9.97 Å². The lowest BCUT2D eigenvalue weighted by Crippen LogP contribution is -2.14. The Balaban J connectivity index is 2.01. The normalized spacial score (nSPS) is 11.7. The zero-order chi connectivity index (χ0) is 15.9. The molecule has 0 saturated heterocycles. The molecule has 0 saturated carbocycles. The Hall–Kier alpha value is -2.13. The highest BCUT2D eigenvalue weighted by atomic mass is 79.9. The monoisotopic (exact) mass is 385 g/mol. The predicted molar refractivity (Wildman–Crippen MR) is 83.8 cm³/mol. The first-order chi connectivity index (χ1) is 10.3. The molecule has 9 heteroatoms. The predicted octanol–water partition coefficient (Wildman–Crippen LogP) is 2.56. The fourth-order valence-corrected chi connectivity index (χ4v) is 3.38. The van der Waals surface area contributed by atoms with Gasteiger partial charge in [-0.25, -0.2) is 17.6 Å². The minimum Gasteiger partial charge on any atom is -0.306 e. The van der Waals surface area contributed by atoms with Gasteiger partial charge in [-0.3, -0.25) is 4.72 Å². The molecule has 3 aromatic rings. The number of nitrogens with one attached hydrogen (secondary N) is 3. The van der Waals surface area contributed by atoms with Crippen molar-refractivity contribution >= 4 is 42.7 Å². The van der Waals surface area contributed by atoms with Gasteiger partial charge >= 0.3 is 5.69 Å². The molecule has 0 bridgehead atoms.